The molecule has 0 N–H and O–H groups in total. The molecule has 0 heterocycles. The lowest BCUT2D eigenvalue weighted by molar-refractivity contribution is -0.137. The predicted molar refractivity (Wildman–Crippen MR) is 91.2 cm³/mol. The summed E-state index contributed by atoms with van der Waals surface area (Å²) in [5, 5.41) is 0. The average Bonchev–Trinajstić information content (AvgIpc) is 2.44. The topological polar surface area (TPSA) is 26.3 Å². The highest BCUT2D eigenvalue weighted by molar-refractivity contribution is 5.83. The SMILES string of the molecule is CCOC(=O)C=C(C)C(C)=CCC(C)CCC=C(C)CC. The molecule has 0 amide bonds. The van der Waals surface area contributed by atoms with Crippen molar-refractivity contribution in [3.05, 3.63) is 34.9 Å². The molecule has 0 fully saturated rings. The monoisotopic (exact) mass is 292 g/mol. The molecule has 0 saturated carbocycles. The molecular formula is C19H32O2. The van der Waals surface area contributed by atoms with Gasteiger partial charge in [0, 0.05) is 6.08 Å². The Kier molecular flexibility index (Phi) is 10.7. The van der Waals surface area contributed by atoms with Crippen molar-refractivity contribution < 1.29 is 9.53 Å². The Labute approximate surface area is 131 Å². The van der Waals surface area contributed by atoms with Gasteiger partial charge in [0.05, 0.1) is 6.61 Å². The maximum atomic E-state index is 11.4. The average molecular weight is 292 g/mol. The maximum absolute atomic E-state index is 11.4. The predicted octanol–water partition coefficient (Wildman–Crippen LogP) is 5.60. The first-order valence-electron chi connectivity index (χ1n) is 8.08. The Morgan fingerprint density at radius 1 is 1.10 bits per heavy atom. The van der Waals surface area contributed by atoms with Crippen molar-refractivity contribution in [1.82, 2.24) is 0 Å². The summed E-state index contributed by atoms with van der Waals surface area (Å²) in [4.78, 5) is 11.4. The summed E-state index contributed by atoms with van der Waals surface area (Å²) in [6, 6.07) is 0. The highest BCUT2D eigenvalue weighted by atomic mass is 16.5. The van der Waals surface area contributed by atoms with Gasteiger partial charge in [-0.1, -0.05) is 37.1 Å². The molecule has 0 aromatic rings. The molecule has 1 unspecified atom stereocenters. The van der Waals surface area contributed by atoms with Gasteiger partial charge in [-0.25, -0.2) is 4.79 Å². The lowest BCUT2D eigenvalue weighted by Crippen LogP contribution is -2.01. The Morgan fingerprint density at radius 3 is 2.33 bits per heavy atom. The van der Waals surface area contributed by atoms with Crippen LogP contribution in [-0.2, 0) is 9.53 Å². The third-order valence-corrected chi connectivity index (χ3v) is 3.78. The van der Waals surface area contributed by atoms with Crippen LogP contribution in [0.1, 0.15) is 67.2 Å². The molecule has 0 saturated heterocycles. The van der Waals surface area contributed by atoms with E-state index in [0.29, 0.717) is 12.5 Å². The summed E-state index contributed by atoms with van der Waals surface area (Å²) in [6.45, 7) is 12.9. The molecule has 0 rings (SSSR count). The lowest BCUT2D eigenvalue weighted by Gasteiger charge is -2.09. The zero-order valence-corrected chi connectivity index (χ0v) is 14.7. The van der Waals surface area contributed by atoms with Crippen LogP contribution in [0.3, 0.4) is 0 Å². The fourth-order valence-electron chi connectivity index (χ4n) is 1.89. The van der Waals surface area contributed by atoms with Crippen LogP contribution in [0.25, 0.3) is 0 Å². The van der Waals surface area contributed by atoms with Crippen molar-refractivity contribution >= 4 is 5.97 Å². The van der Waals surface area contributed by atoms with Gasteiger partial charge in [0.1, 0.15) is 0 Å². The molecule has 0 aliphatic carbocycles. The summed E-state index contributed by atoms with van der Waals surface area (Å²) in [6.07, 6.45) is 10.7. The number of esters is 1. The quantitative estimate of drug-likeness (QED) is 0.239. The number of carbonyl (C=O) groups excluding carboxylic acids is 1. The largest absolute Gasteiger partial charge is 0.463 e. The molecule has 0 radical (unpaired) electrons. The molecule has 0 spiro atoms. The van der Waals surface area contributed by atoms with Crippen LogP contribution in [0.15, 0.2) is 34.9 Å². The molecule has 1 atom stereocenters. The maximum Gasteiger partial charge on any atom is 0.331 e. The number of rotatable bonds is 9. The van der Waals surface area contributed by atoms with Gasteiger partial charge >= 0.3 is 5.97 Å². The first-order valence-corrected chi connectivity index (χ1v) is 8.08. The normalized spacial score (nSPS) is 15.0. The Hall–Kier alpha value is -1.31. The van der Waals surface area contributed by atoms with Crippen LogP contribution < -0.4 is 0 Å². The Balaban J connectivity index is 4.29. The van der Waals surface area contributed by atoms with Gasteiger partial charge < -0.3 is 4.74 Å². The Morgan fingerprint density at radius 2 is 1.76 bits per heavy atom. The van der Waals surface area contributed by atoms with Gasteiger partial charge in [-0.2, -0.15) is 0 Å². The molecular weight excluding hydrogens is 260 g/mol. The number of carbonyl (C=O) groups is 1. The summed E-state index contributed by atoms with van der Waals surface area (Å²) >= 11 is 0. The van der Waals surface area contributed by atoms with Gasteiger partial charge in [0.25, 0.3) is 0 Å². The van der Waals surface area contributed by atoms with Crippen molar-refractivity contribution in [1.29, 1.82) is 0 Å². The number of allylic oxidation sites excluding steroid dienone is 5. The van der Waals surface area contributed by atoms with E-state index in [0.717, 1.165) is 30.4 Å². The molecule has 0 aliphatic rings. The molecule has 21 heavy (non-hydrogen) atoms. The van der Waals surface area contributed by atoms with Crippen LogP contribution >= 0.6 is 0 Å². The molecule has 0 aromatic heterocycles. The molecule has 0 aromatic carbocycles. The third kappa shape index (κ3) is 10.1. The van der Waals surface area contributed by atoms with E-state index in [2.05, 4.69) is 39.8 Å². The number of hydrogen-bond donors (Lipinski definition) is 0. The highest BCUT2D eigenvalue weighted by Gasteiger charge is 2.02. The molecule has 2 nitrogen and oxygen atoms in total. The van der Waals surface area contributed by atoms with Gasteiger partial charge in [0.15, 0.2) is 0 Å². The first kappa shape index (κ1) is 19.7. The fourth-order valence-corrected chi connectivity index (χ4v) is 1.89. The summed E-state index contributed by atoms with van der Waals surface area (Å²) in [7, 11) is 0. The Bertz CT molecular complexity index is 400. The fraction of sp³-hybridized carbons (Fsp3) is 0.632. The summed E-state index contributed by atoms with van der Waals surface area (Å²) < 4.78 is 4.93. The van der Waals surface area contributed by atoms with E-state index in [1.165, 1.54) is 12.0 Å². The van der Waals surface area contributed by atoms with Gasteiger partial charge in [-0.3, -0.25) is 0 Å². The van der Waals surface area contributed by atoms with Crippen LogP contribution in [0.2, 0.25) is 0 Å². The van der Waals surface area contributed by atoms with E-state index in [9.17, 15) is 4.79 Å². The zero-order chi connectivity index (χ0) is 16.3. The van der Waals surface area contributed by atoms with Gasteiger partial charge in [-0.05, 0) is 64.9 Å². The molecule has 2 heteroatoms. The second-order valence-corrected chi connectivity index (χ2v) is 5.79. The first-order chi connectivity index (χ1) is 9.90. The van der Waals surface area contributed by atoms with Crippen LogP contribution in [0.5, 0.6) is 0 Å². The molecule has 120 valence electrons. The van der Waals surface area contributed by atoms with Crippen molar-refractivity contribution in [2.45, 2.75) is 67.2 Å². The van der Waals surface area contributed by atoms with Crippen molar-refractivity contribution in [3.63, 3.8) is 0 Å². The smallest absolute Gasteiger partial charge is 0.331 e. The minimum atomic E-state index is -0.254. The van der Waals surface area contributed by atoms with Gasteiger partial charge in [-0.15, -0.1) is 0 Å². The van der Waals surface area contributed by atoms with E-state index in [-0.39, 0.29) is 5.97 Å². The second kappa shape index (κ2) is 11.4. The number of hydrogen-bond acceptors (Lipinski definition) is 2. The third-order valence-electron chi connectivity index (χ3n) is 3.78. The second-order valence-electron chi connectivity index (χ2n) is 5.79. The van der Waals surface area contributed by atoms with Crippen LogP contribution in [-0.4, -0.2) is 12.6 Å². The van der Waals surface area contributed by atoms with Crippen molar-refractivity contribution in [3.8, 4) is 0 Å². The lowest BCUT2D eigenvalue weighted by atomic mass is 9.98. The minimum Gasteiger partial charge on any atom is -0.463 e. The van der Waals surface area contributed by atoms with E-state index in [1.54, 1.807) is 6.08 Å². The molecule has 0 bridgehead atoms. The standard InChI is InChI=1S/C19H32O2/c1-7-15(3)10-9-11-16(4)12-13-17(5)18(6)14-19(20)21-8-2/h10,13-14,16H,7-9,11-12H2,1-6H3. The van der Waals surface area contributed by atoms with Crippen LogP contribution in [0, 0.1) is 5.92 Å². The highest BCUT2D eigenvalue weighted by Crippen LogP contribution is 2.17. The van der Waals surface area contributed by atoms with Gasteiger partial charge in [0.2, 0.25) is 0 Å². The van der Waals surface area contributed by atoms with E-state index in [1.807, 2.05) is 13.8 Å². The van der Waals surface area contributed by atoms with E-state index in [4.69, 9.17) is 4.74 Å². The van der Waals surface area contributed by atoms with E-state index >= 15 is 0 Å². The summed E-state index contributed by atoms with van der Waals surface area (Å²) in [5.74, 6) is 0.409. The molecule has 0 aliphatic heterocycles. The zero-order valence-electron chi connectivity index (χ0n) is 14.7. The minimum absolute atomic E-state index is 0.254. The van der Waals surface area contributed by atoms with Crippen molar-refractivity contribution in [2.24, 2.45) is 5.92 Å². The van der Waals surface area contributed by atoms with E-state index < -0.39 is 0 Å². The summed E-state index contributed by atoms with van der Waals surface area (Å²) in [5.41, 5.74) is 3.62. The number of ether oxygens (including phenoxy) is 1. The van der Waals surface area contributed by atoms with Crippen molar-refractivity contribution in [2.75, 3.05) is 6.61 Å². The van der Waals surface area contributed by atoms with Crippen LogP contribution in [0.4, 0.5) is 0 Å².